The molecule has 7 heteroatoms. The minimum Gasteiger partial charge on any atom is -0.467 e. The van der Waals surface area contributed by atoms with E-state index in [9.17, 15) is 14.4 Å². The smallest absolute Gasteiger partial charge is 0.334 e. The average molecular weight is 315 g/mol. The lowest BCUT2D eigenvalue weighted by atomic mass is 9.91. The standard InChI is InChI=1S/C15H25NO6/c1-7-21-11(18)8-10(17)16-12(14(2,3)4)22-9-15(16,5)13(19)20-6/h12H,7-9H2,1-6H3/t12-,15+/m1/s1. The fourth-order valence-corrected chi connectivity index (χ4v) is 2.49. The first-order chi connectivity index (χ1) is 10.1. The Balaban J connectivity index is 3.10. The Morgan fingerprint density at radius 3 is 2.36 bits per heavy atom. The van der Waals surface area contributed by atoms with Gasteiger partial charge in [-0.25, -0.2) is 4.79 Å². The zero-order valence-corrected chi connectivity index (χ0v) is 14.1. The normalized spacial score (nSPS) is 25.0. The van der Waals surface area contributed by atoms with E-state index in [0.29, 0.717) is 0 Å². The number of hydrogen-bond donors (Lipinski definition) is 0. The van der Waals surface area contributed by atoms with Crippen LogP contribution in [0.4, 0.5) is 0 Å². The zero-order chi connectivity index (χ0) is 17.1. The summed E-state index contributed by atoms with van der Waals surface area (Å²) in [6.07, 6.45) is -1.06. The van der Waals surface area contributed by atoms with Crippen molar-refractivity contribution in [2.24, 2.45) is 5.41 Å². The second kappa shape index (κ2) is 6.64. The lowest BCUT2D eigenvalue weighted by Crippen LogP contribution is -2.58. The van der Waals surface area contributed by atoms with Gasteiger partial charge in [0.25, 0.3) is 0 Å². The molecule has 0 aromatic rings. The predicted octanol–water partition coefficient (Wildman–Crippen LogP) is 1.10. The molecule has 1 amide bonds. The lowest BCUT2D eigenvalue weighted by Gasteiger charge is -2.38. The maximum Gasteiger partial charge on any atom is 0.334 e. The summed E-state index contributed by atoms with van der Waals surface area (Å²) in [5.74, 6) is -1.71. The summed E-state index contributed by atoms with van der Waals surface area (Å²) in [6.45, 7) is 9.14. The van der Waals surface area contributed by atoms with Crippen molar-refractivity contribution in [3.05, 3.63) is 0 Å². The van der Waals surface area contributed by atoms with Crippen LogP contribution in [0.25, 0.3) is 0 Å². The van der Waals surface area contributed by atoms with Gasteiger partial charge < -0.3 is 14.2 Å². The maximum atomic E-state index is 12.6. The van der Waals surface area contributed by atoms with Gasteiger partial charge in [-0.3, -0.25) is 14.5 Å². The first kappa shape index (κ1) is 18.4. The Hall–Kier alpha value is -1.63. The molecule has 7 nitrogen and oxygen atoms in total. The van der Waals surface area contributed by atoms with Gasteiger partial charge in [-0.2, -0.15) is 0 Å². The summed E-state index contributed by atoms with van der Waals surface area (Å²) >= 11 is 0. The molecule has 0 saturated carbocycles. The minimum atomic E-state index is -1.25. The van der Waals surface area contributed by atoms with Crippen molar-refractivity contribution in [1.82, 2.24) is 4.90 Å². The highest BCUT2D eigenvalue weighted by molar-refractivity contribution is 5.97. The Kier molecular flexibility index (Phi) is 5.56. The summed E-state index contributed by atoms with van der Waals surface area (Å²) in [5, 5.41) is 0. The van der Waals surface area contributed by atoms with Crippen LogP contribution in [-0.4, -0.2) is 54.8 Å². The SMILES string of the molecule is CCOC(=O)CC(=O)N1[C@@H](C(C)(C)C)OC[C@@]1(C)C(=O)OC. The second-order valence-electron chi connectivity index (χ2n) is 6.54. The molecule has 0 radical (unpaired) electrons. The first-order valence-corrected chi connectivity index (χ1v) is 7.25. The fraction of sp³-hybridized carbons (Fsp3) is 0.800. The van der Waals surface area contributed by atoms with E-state index in [1.165, 1.54) is 12.0 Å². The number of hydrogen-bond acceptors (Lipinski definition) is 6. The van der Waals surface area contributed by atoms with Crippen molar-refractivity contribution in [3.8, 4) is 0 Å². The van der Waals surface area contributed by atoms with Gasteiger partial charge in [0.2, 0.25) is 5.91 Å². The van der Waals surface area contributed by atoms with Gasteiger partial charge >= 0.3 is 11.9 Å². The molecule has 0 N–H and O–H groups in total. The number of carbonyl (C=O) groups is 3. The van der Waals surface area contributed by atoms with Gasteiger partial charge in [-0.05, 0) is 13.8 Å². The third-order valence-corrected chi connectivity index (χ3v) is 3.52. The van der Waals surface area contributed by atoms with E-state index in [4.69, 9.17) is 14.2 Å². The van der Waals surface area contributed by atoms with Crippen molar-refractivity contribution in [3.63, 3.8) is 0 Å². The molecule has 0 aromatic carbocycles. The van der Waals surface area contributed by atoms with Crippen LogP contribution >= 0.6 is 0 Å². The molecule has 1 aliphatic rings. The van der Waals surface area contributed by atoms with E-state index in [0.717, 1.165) is 0 Å². The van der Waals surface area contributed by atoms with Gasteiger partial charge in [-0.1, -0.05) is 20.8 Å². The second-order valence-corrected chi connectivity index (χ2v) is 6.54. The topological polar surface area (TPSA) is 82.1 Å². The van der Waals surface area contributed by atoms with Crippen molar-refractivity contribution >= 4 is 17.8 Å². The van der Waals surface area contributed by atoms with Gasteiger partial charge in [0.15, 0.2) is 5.54 Å². The summed E-state index contributed by atoms with van der Waals surface area (Å²) in [7, 11) is 1.26. The van der Waals surface area contributed by atoms with E-state index in [1.54, 1.807) is 13.8 Å². The summed E-state index contributed by atoms with van der Waals surface area (Å²) in [4.78, 5) is 37.6. The minimum absolute atomic E-state index is 0.0240. The molecule has 0 bridgehead atoms. The third-order valence-electron chi connectivity index (χ3n) is 3.52. The maximum absolute atomic E-state index is 12.6. The molecule has 1 aliphatic heterocycles. The van der Waals surface area contributed by atoms with E-state index in [2.05, 4.69) is 0 Å². The molecule has 22 heavy (non-hydrogen) atoms. The van der Waals surface area contributed by atoms with E-state index in [-0.39, 0.29) is 13.2 Å². The predicted molar refractivity (Wildman–Crippen MR) is 77.7 cm³/mol. The average Bonchev–Trinajstić information content (AvgIpc) is 2.77. The van der Waals surface area contributed by atoms with Crippen molar-refractivity contribution in [1.29, 1.82) is 0 Å². The molecule has 0 aliphatic carbocycles. The van der Waals surface area contributed by atoms with Crippen LogP contribution in [0.5, 0.6) is 0 Å². The molecule has 2 atom stereocenters. The van der Waals surface area contributed by atoms with Crippen LogP contribution in [-0.2, 0) is 28.6 Å². The van der Waals surface area contributed by atoms with Crippen molar-refractivity contribution < 1.29 is 28.6 Å². The highest BCUT2D eigenvalue weighted by Crippen LogP contribution is 2.38. The van der Waals surface area contributed by atoms with Crippen LogP contribution in [0.2, 0.25) is 0 Å². The Bertz CT molecular complexity index is 455. The molecule has 1 fully saturated rings. The molecule has 0 aromatic heterocycles. The summed E-state index contributed by atoms with van der Waals surface area (Å²) in [5.41, 5.74) is -1.67. The van der Waals surface area contributed by atoms with Crippen molar-refractivity contribution in [2.45, 2.75) is 52.8 Å². The molecule has 0 unspecified atom stereocenters. The number of amides is 1. The van der Waals surface area contributed by atoms with E-state index >= 15 is 0 Å². The van der Waals surface area contributed by atoms with Gasteiger partial charge in [0, 0.05) is 5.41 Å². The molecule has 1 rings (SSSR count). The van der Waals surface area contributed by atoms with Crippen LogP contribution in [0.1, 0.15) is 41.0 Å². The van der Waals surface area contributed by atoms with Gasteiger partial charge in [0.05, 0.1) is 20.3 Å². The van der Waals surface area contributed by atoms with Crippen LogP contribution in [0.3, 0.4) is 0 Å². The summed E-state index contributed by atoms with van der Waals surface area (Å²) in [6, 6.07) is 0. The lowest BCUT2D eigenvalue weighted by molar-refractivity contribution is -0.165. The van der Waals surface area contributed by atoms with Crippen LogP contribution < -0.4 is 0 Å². The van der Waals surface area contributed by atoms with Crippen LogP contribution in [0, 0.1) is 5.41 Å². The highest BCUT2D eigenvalue weighted by Gasteiger charge is 2.55. The van der Waals surface area contributed by atoms with Crippen molar-refractivity contribution in [2.75, 3.05) is 20.3 Å². The molecular formula is C15H25NO6. The molecular weight excluding hydrogens is 290 g/mol. The van der Waals surface area contributed by atoms with E-state index in [1.807, 2.05) is 20.8 Å². The number of rotatable bonds is 4. The van der Waals surface area contributed by atoms with E-state index < -0.39 is 41.4 Å². The monoisotopic (exact) mass is 315 g/mol. The van der Waals surface area contributed by atoms with Gasteiger partial charge in [-0.15, -0.1) is 0 Å². The Morgan fingerprint density at radius 2 is 1.91 bits per heavy atom. The summed E-state index contributed by atoms with van der Waals surface area (Å²) < 4.78 is 15.3. The Labute approximate surface area is 130 Å². The zero-order valence-electron chi connectivity index (χ0n) is 14.1. The molecule has 1 saturated heterocycles. The number of esters is 2. The Morgan fingerprint density at radius 1 is 1.32 bits per heavy atom. The fourth-order valence-electron chi connectivity index (χ4n) is 2.49. The highest BCUT2D eigenvalue weighted by atomic mass is 16.6. The number of carbonyl (C=O) groups excluding carboxylic acids is 3. The molecule has 126 valence electrons. The quantitative estimate of drug-likeness (QED) is 0.571. The number of ether oxygens (including phenoxy) is 3. The number of methoxy groups -OCH3 is 1. The molecule has 1 heterocycles. The first-order valence-electron chi connectivity index (χ1n) is 7.25. The van der Waals surface area contributed by atoms with Crippen LogP contribution in [0.15, 0.2) is 0 Å². The third kappa shape index (κ3) is 3.58. The number of nitrogens with zero attached hydrogens (tertiary/aromatic N) is 1. The molecule has 0 spiro atoms. The van der Waals surface area contributed by atoms with Gasteiger partial charge in [0.1, 0.15) is 12.6 Å². The largest absolute Gasteiger partial charge is 0.467 e.